The molecule has 0 radical (unpaired) electrons. The fourth-order valence-corrected chi connectivity index (χ4v) is 3.03. The van der Waals surface area contributed by atoms with E-state index in [1.165, 1.54) is 18.2 Å². The van der Waals surface area contributed by atoms with Gasteiger partial charge in [-0.15, -0.1) is 10.2 Å². The molecule has 0 spiro atoms. The van der Waals surface area contributed by atoms with Crippen LogP contribution >= 0.6 is 11.8 Å². The van der Waals surface area contributed by atoms with Crippen molar-refractivity contribution in [3.8, 4) is 0 Å². The summed E-state index contributed by atoms with van der Waals surface area (Å²) in [6.45, 7) is 2.06. The highest BCUT2D eigenvalue weighted by molar-refractivity contribution is 7.99. The van der Waals surface area contributed by atoms with Crippen molar-refractivity contribution in [3.63, 3.8) is 0 Å². The van der Waals surface area contributed by atoms with Crippen molar-refractivity contribution in [3.05, 3.63) is 5.82 Å². The molecular formula is C12H21N5OS. The first-order chi connectivity index (χ1) is 9.09. The van der Waals surface area contributed by atoms with Crippen molar-refractivity contribution in [1.29, 1.82) is 0 Å². The van der Waals surface area contributed by atoms with E-state index in [0.29, 0.717) is 11.7 Å². The molecule has 0 unspecified atom stereocenters. The molecule has 1 saturated heterocycles. The molecule has 19 heavy (non-hydrogen) atoms. The van der Waals surface area contributed by atoms with Gasteiger partial charge in [0.15, 0.2) is 5.16 Å². The number of hydrogen-bond acceptors (Lipinski definition) is 5. The topological polar surface area (TPSA) is 63.1 Å². The van der Waals surface area contributed by atoms with Gasteiger partial charge in [0, 0.05) is 33.6 Å². The number of rotatable bonds is 4. The minimum Gasteiger partial charge on any atom is -0.348 e. The maximum Gasteiger partial charge on any atom is 0.232 e. The first-order valence-electron chi connectivity index (χ1n) is 6.52. The van der Waals surface area contributed by atoms with Gasteiger partial charge in [-0.05, 0) is 19.4 Å². The molecule has 1 fully saturated rings. The number of carbonyl (C=O) groups excluding carboxylic acids is 1. The summed E-state index contributed by atoms with van der Waals surface area (Å²) in [5, 5.41) is 12.7. The van der Waals surface area contributed by atoms with Crippen LogP contribution in [0.25, 0.3) is 0 Å². The number of nitrogens with one attached hydrogen (secondary N) is 1. The Morgan fingerprint density at radius 3 is 2.95 bits per heavy atom. The summed E-state index contributed by atoms with van der Waals surface area (Å²) in [6, 6.07) is 0. The van der Waals surface area contributed by atoms with Gasteiger partial charge in [0.1, 0.15) is 5.82 Å². The lowest BCUT2D eigenvalue weighted by Crippen LogP contribution is -2.29. The van der Waals surface area contributed by atoms with Crippen LogP contribution in [-0.4, -0.2) is 58.5 Å². The number of amides is 1. The molecule has 1 amide bonds. The molecule has 106 valence electrons. The molecule has 1 N–H and O–H groups in total. The van der Waals surface area contributed by atoms with Crippen LogP contribution in [0.3, 0.4) is 0 Å². The molecule has 0 saturated carbocycles. The number of piperidine rings is 1. The summed E-state index contributed by atoms with van der Waals surface area (Å²) in [4.78, 5) is 13.2. The van der Waals surface area contributed by atoms with E-state index in [1.807, 2.05) is 11.6 Å². The Labute approximate surface area is 117 Å². The molecule has 2 heterocycles. The van der Waals surface area contributed by atoms with Crippen LogP contribution in [-0.2, 0) is 11.8 Å². The molecule has 7 heteroatoms. The van der Waals surface area contributed by atoms with Crippen LogP contribution in [0.1, 0.15) is 24.6 Å². The van der Waals surface area contributed by atoms with Gasteiger partial charge >= 0.3 is 0 Å². The van der Waals surface area contributed by atoms with Crippen LogP contribution < -0.4 is 5.32 Å². The maximum absolute atomic E-state index is 11.6. The van der Waals surface area contributed by atoms with Crippen molar-refractivity contribution in [2.24, 2.45) is 7.05 Å². The molecule has 1 aromatic heterocycles. The molecule has 0 aromatic carbocycles. The fraction of sp³-hybridized carbons (Fsp3) is 0.750. The van der Waals surface area contributed by atoms with Gasteiger partial charge in [0.2, 0.25) is 5.91 Å². The number of carbonyl (C=O) groups is 1. The summed E-state index contributed by atoms with van der Waals surface area (Å²) in [6.07, 6.45) is 2.33. The zero-order valence-electron chi connectivity index (χ0n) is 11.7. The van der Waals surface area contributed by atoms with Gasteiger partial charge < -0.3 is 14.8 Å². The summed E-state index contributed by atoms with van der Waals surface area (Å²) in [5.41, 5.74) is 0. The molecule has 2 rings (SSSR count). The third-order valence-corrected chi connectivity index (χ3v) is 4.36. The standard InChI is InChI=1S/C12H21N5OS/c1-16(2)10(18)8-19-12-15-14-11(17(12)3)9-5-4-6-13-7-9/h9,13H,4-8H2,1-3H3/t9-/m1/s1. The fourth-order valence-electron chi connectivity index (χ4n) is 2.13. The highest BCUT2D eigenvalue weighted by atomic mass is 32.2. The van der Waals surface area contributed by atoms with Gasteiger partial charge in [0.25, 0.3) is 0 Å². The molecule has 0 bridgehead atoms. The van der Waals surface area contributed by atoms with Gasteiger partial charge in [-0.2, -0.15) is 0 Å². The van der Waals surface area contributed by atoms with Crippen LogP contribution in [0.4, 0.5) is 0 Å². The van der Waals surface area contributed by atoms with Crippen molar-refractivity contribution >= 4 is 17.7 Å². The first kappa shape index (κ1) is 14.3. The van der Waals surface area contributed by atoms with E-state index in [-0.39, 0.29) is 5.91 Å². The predicted molar refractivity (Wildman–Crippen MR) is 75.3 cm³/mol. The minimum atomic E-state index is 0.0916. The van der Waals surface area contributed by atoms with Crippen molar-refractivity contribution < 1.29 is 4.79 Å². The normalized spacial score (nSPS) is 19.4. The Morgan fingerprint density at radius 2 is 2.32 bits per heavy atom. The van der Waals surface area contributed by atoms with Crippen LogP contribution in [0.15, 0.2) is 5.16 Å². The molecule has 1 aromatic rings. The molecule has 6 nitrogen and oxygen atoms in total. The Balaban J connectivity index is 1.99. The number of hydrogen-bond donors (Lipinski definition) is 1. The Morgan fingerprint density at radius 1 is 1.53 bits per heavy atom. The number of aromatic nitrogens is 3. The van der Waals surface area contributed by atoms with Crippen molar-refractivity contribution in [2.45, 2.75) is 23.9 Å². The van der Waals surface area contributed by atoms with Crippen LogP contribution in [0.2, 0.25) is 0 Å². The van der Waals surface area contributed by atoms with Gasteiger partial charge in [-0.25, -0.2) is 0 Å². The molecular weight excluding hydrogens is 262 g/mol. The van der Waals surface area contributed by atoms with Crippen LogP contribution in [0, 0.1) is 0 Å². The summed E-state index contributed by atoms with van der Waals surface area (Å²) < 4.78 is 2.02. The highest BCUT2D eigenvalue weighted by Crippen LogP contribution is 2.24. The number of thioether (sulfide) groups is 1. The molecule has 1 aliphatic heterocycles. The van der Waals surface area contributed by atoms with Gasteiger partial charge in [0.05, 0.1) is 5.75 Å². The van der Waals surface area contributed by atoms with Crippen molar-refractivity contribution in [2.75, 3.05) is 32.9 Å². The maximum atomic E-state index is 11.6. The van der Waals surface area contributed by atoms with Gasteiger partial charge in [-0.1, -0.05) is 11.8 Å². The largest absolute Gasteiger partial charge is 0.348 e. The third-order valence-electron chi connectivity index (χ3n) is 3.35. The molecule has 0 aliphatic carbocycles. The smallest absolute Gasteiger partial charge is 0.232 e. The second kappa shape index (κ2) is 6.38. The van der Waals surface area contributed by atoms with Crippen molar-refractivity contribution in [1.82, 2.24) is 25.0 Å². The first-order valence-corrected chi connectivity index (χ1v) is 7.51. The van der Waals surface area contributed by atoms with E-state index >= 15 is 0 Å². The lowest BCUT2D eigenvalue weighted by atomic mass is 9.99. The summed E-state index contributed by atoms with van der Waals surface area (Å²) in [5.74, 6) is 1.95. The third kappa shape index (κ3) is 3.48. The van der Waals surface area contributed by atoms with E-state index in [1.54, 1.807) is 19.0 Å². The van der Waals surface area contributed by atoms with E-state index in [0.717, 1.165) is 30.5 Å². The predicted octanol–water partition coefficient (Wildman–Crippen LogP) is 0.462. The zero-order chi connectivity index (χ0) is 13.8. The monoisotopic (exact) mass is 283 g/mol. The minimum absolute atomic E-state index is 0.0916. The average Bonchev–Trinajstić information content (AvgIpc) is 2.78. The van der Waals surface area contributed by atoms with E-state index in [2.05, 4.69) is 15.5 Å². The Hall–Kier alpha value is -1.08. The van der Waals surface area contributed by atoms with E-state index in [9.17, 15) is 4.79 Å². The van der Waals surface area contributed by atoms with E-state index in [4.69, 9.17) is 0 Å². The van der Waals surface area contributed by atoms with Crippen LogP contribution in [0.5, 0.6) is 0 Å². The Bertz CT molecular complexity index is 439. The SMILES string of the molecule is CN(C)C(=O)CSc1nnc([C@@H]2CCCNC2)n1C. The lowest BCUT2D eigenvalue weighted by Gasteiger charge is -2.21. The lowest BCUT2D eigenvalue weighted by molar-refractivity contribution is -0.125. The molecule has 1 atom stereocenters. The second-order valence-corrected chi connectivity index (χ2v) is 5.96. The quantitative estimate of drug-likeness (QED) is 0.814. The average molecular weight is 283 g/mol. The molecule has 1 aliphatic rings. The highest BCUT2D eigenvalue weighted by Gasteiger charge is 2.22. The summed E-state index contributed by atoms with van der Waals surface area (Å²) in [7, 11) is 5.50. The summed E-state index contributed by atoms with van der Waals surface area (Å²) >= 11 is 1.45. The van der Waals surface area contributed by atoms with Gasteiger partial charge in [-0.3, -0.25) is 4.79 Å². The Kier molecular flexibility index (Phi) is 4.81. The second-order valence-electron chi connectivity index (χ2n) is 5.02. The van der Waals surface area contributed by atoms with E-state index < -0.39 is 0 Å². The zero-order valence-corrected chi connectivity index (χ0v) is 12.5. The number of nitrogens with zero attached hydrogens (tertiary/aromatic N) is 4.